The average molecular weight is 663 g/mol. The number of methoxy groups -OCH3 is 1. The van der Waals surface area contributed by atoms with Gasteiger partial charge in [-0.2, -0.15) is 13.2 Å². The molecule has 0 radical (unpaired) electrons. The Balaban J connectivity index is 1.61. The van der Waals surface area contributed by atoms with E-state index in [1.807, 2.05) is 0 Å². The van der Waals surface area contributed by atoms with Gasteiger partial charge >= 0.3 is 18.1 Å². The first-order valence-electron chi connectivity index (χ1n) is 14.2. The molecule has 0 fully saturated rings. The Kier molecular flexibility index (Phi) is 8.10. The number of hydrogen-bond donors (Lipinski definition) is 1. The highest BCUT2D eigenvalue weighted by atomic mass is 32.1. The van der Waals surface area contributed by atoms with Crippen LogP contribution in [0.2, 0.25) is 0 Å². The summed E-state index contributed by atoms with van der Waals surface area (Å²) in [5.74, 6) is -1.71. The third-order valence-electron chi connectivity index (χ3n) is 7.75. The second-order valence-electron chi connectivity index (χ2n) is 10.5. The summed E-state index contributed by atoms with van der Waals surface area (Å²) in [5.41, 5.74) is -1.81. The summed E-state index contributed by atoms with van der Waals surface area (Å²) < 4.78 is 61.7. The molecule has 6 rings (SSSR count). The number of furan rings is 1. The number of fused-ring (bicyclic) bond motifs is 2. The van der Waals surface area contributed by atoms with Gasteiger partial charge in [-0.05, 0) is 54.4 Å². The molecule has 13 heteroatoms. The number of thiazole rings is 1. The van der Waals surface area contributed by atoms with Crippen molar-refractivity contribution in [3.05, 3.63) is 120 Å². The van der Waals surface area contributed by atoms with Crippen LogP contribution >= 0.6 is 11.3 Å². The Hall–Kier alpha value is -5.43. The van der Waals surface area contributed by atoms with Crippen molar-refractivity contribution in [3.63, 3.8) is 0 Å². The molecular formula is C34H25F3N2O7S. The van der Waals surface area contributed by atoms with E-state index >= 15 is 0 Å². The number of alkyl halides is 3. The van der Waals surface area contributed by atoms with E-state index < -0.39 is 41.0 Å². The number of allylic oxidation sites excluding steroid dienone is 1. The van der Waals surface area contributed by atoms with Gasteiger partial charge in [-0.25, -0.2) is 14.6 Å². The maximum atomic E-state index is 14.7. The molecule has 2 aromatic heterocycles. The van der Waals surface area contributed by atoms with E-state index in [1.54, 1.807) is 67.6 Å². The average Bonchev–Trinajstić information content (AvgIpc) is 3.63. The van der Waals surface area contributed by atoms with Crippen molar-refractivity contribution in [3.8, 4) is 17.1 Å². The van der Waals surface area contributed by atoms with Crippen molar-refractivity contribution >= 4 is 40.1 Å². The Morgan fingerprint density at radius 3 is 2.55 bits per heavy atom. The molecule has 1 N–H and O–H groups in total. The van der Waals surface area contributed by atoms with Gasteiger partial charge in [0.2, 0.25) is 0 Å². The summed E-state index contributed by atoms with van der Waals surface area (Å²) >= 11 is 0.699. The Morgan fingerprint density at radius 2 is 1.85 bits per heavy atom. The standard InChI is InChI=1S/C34H25F3N2O7S/c1-4-45-32(43)27-28(26-22-9-6-5-8-18(22)12-14-24(26)44-3)39-30(40)25(47-33(39)38-29(27)34(35,36)37)16-19-13-15-23(46-19)20-10-7-11-21(17(20)2)31(41)42/h5-16,28H,4H2,1-3H3,(H,41,42)/b25-16-/t28-/m0/s1. The summed E-state index contributed by atoms with van der Waals surface area (Å²) in [4.78, 5) is 42.7. The molecule has 0 saturated carbocycles. The number of carboxylic acid groups (broad SMARTS) is 1. The van der Waals surface area contributed by atoms with Gasteiger partial charge < -0.3 is 19.0 Å². The first-order chi connectivity index (χ1) is 22.4. The molecular weight excluding hydrogens is 637 g/mol. The summed E-state index contributed by atoms with van der Waals surface area (Å²) in [6.45, 7) is 2.89. The molecule has 0 amide bonds. The van der Waals surface area contributed by atoms with Crippen molar-refractivity contribution in [1.29, 1.82) is 0 Å². The minimum absolute atomic E-state index is 0.0171. The van der Waals surface area contributed by atoms with Crippen LogP contribution in [0.5, 0.6) is 5.75 Å². The zero-order chi connectivity index (χ0) is 33.6. The highest BCUT2D eigenvalue weighted by Crippen LogP contribution is 2.43. The lowest BCUT2D eigenvalue weighted by Gasteiger charge is -2.28. The predicted octanol–water partition coefficient (Wildman–Crippen LogP) is 5.77. The van der Waals surface area contributed by atoms with E-state index in [0.717, 1.165) is 4.57 Å². The molecule has 1 aliphatic heterocycles. The number of ether oxygens (including phenoxy) is 2. The van der Waals surface area contributed by atoms with Gasteiger partial charge in [-0.1, -0.05) is 53.8 Å². The fourth-order valence-electron chi connectivity index (χ4n) is 5.69. The second kappa shape index (κ2) is 12.1. The SMILES string of the molecule is CCOC(=O)C1=C(C(F)(F)F)N=c2s/c(=C\c3ccc(-c4cccc(C(=O)O)c4C)o3)c(=O)n2[C@H]1c1c(OC)ccc2ccccc12. The number of aromatic nitrogens is 1. The quantitative estimate of drug-likeness (QED) is 0.220. The number of halogens is 3. The minimum Gasteiger partial charge on any atom is -0.496 e. The lowest BCUT2D eigenvalue weighted by molar-refractivity contribution is -0.140. The Morgan fingerprint density at radius 1 is 1.09 bits per heavy atom. The first-order valence-corrected chi connectivity index (χ1v) is 15.0. The molecule has 9 nitrogen and oxygen atoms in total. The maximum absolute atomic E-state index is 14.7. The van der Waals surface area contributed by atoms with Crippen LogP contribution in [0, 0.1) is 6.92 Å². The van der Waals surface area contributed by atoms with Crippen LogP contribution in [0.25, 0.3) is 28.2 Å². The smallest absolute Gasteiger partial charge is 0.434 e. The molecule has 0 unspecified atom stereocenters. The Labute approximate surface area is 268 Å². The third kappa shape index (κ3) is 5.52. The largest absolute Gasteiger partial charge is 0.496 e. The van der Waals surface area contributed by atoms with Gasteiger partial charge in [0.05, 0.1) is 29.4 Å². The molecule has 5 aromatic rings. The van der Waals surface area contributed by atoms with Crippen LogP contribution in [0.3, 0.4) is 0 Å². The second-order valence-corrected chi connectivity index (χ2v) is 11.5. The lowest BCUT2D eigenvalue weighted by atomic mass is 9.90. The fourth-order valence-corrected chi connectivity index (χ4v) is 6.67. The van der Waals surface area contributed by atoms with Gasteiger partial charge in [0.1, 0.15) is 23.3 Å². The van der Waals surface area contributed by atoms with E-state index in [2.05, 4.69) is 4.99 Å². The van der Waals surface area contributed by atoms with Crippen LogP contribution < -0.4 is 19.6 Å². The molecule has 0 saturated heterocycles. The molecule has 3 heterocycles. The lowest BCUT2D eigenvalue weighted by Crippen LogP contribution is -2.41. The van der Waals surface area contributed by atoms with E-state index in [4.69, 9.17) is 13.9 Å². The molecule has 0 spiro atoms. The number of carbonyl (C=O) groups is 2. The summed E-state index contributed by atoms with van der Waals surface area (Å²) in [7, 11) is 1.35. The van der Waals surface area contributed by atoms with Crippen molar-refractivity contribution < 1.29 is 41.8 Å². The van der Waals surface area contributed by atoms with Crippen molar-refractivity contribution in [1.82, 2.24) is 4.57 Å². The van der Waals surface area contributed by atoms with E-state index in [9.17, 15) is 32.7 Å². The van der Waals surface area contributed by atoms with Crippen LogP contribution in [0.4, 0.5) is 13.2 Å². The molecule has 240 valence electrons. The number of esters is 1. The normalized spacial score (nSPS) is 15.0. The number of nitrogens with zero attached hydrogens (tertiary/aromatic N) is 2. The topological polar surface area (TPSA) is 120 Å². The summed E-state index contributed by atoms with van der Waals surface area (Å²) in [6, 6.07) is 16.4. The van der Waals surface area contributed by atoms with E-state index in [0.29, 0.717) is 39.0 Å². The van der Waals surface area contributed by atoms with Crippen LogP contribution in [0.1, 0.15) is 40.2 Å². The zero-order valence-corrected chi connectivity index (χ0v) is 25.9. The number of carbonyl (C=O) groups excluding carboxylic acids is 1. The highest BCUT2D eigenvalue weighted by Gasteiger charge is 2.46. The minimum atomic E-state index is -5.08. The molecule has 47 heavy (non-hydrogen) atoms. The predicted molar refractivity (Wildman–Crippen MR) is 167 cm³/mol. The van der Waals surface area contributed by atoms with Gasteiger partial charge in [0.15, 0.2) is 10.5 Å². The number of aromatic carboxylic acids is 1. The Bertz CT molecular complexity index is 2300. The van der Waals surface area contributed by atoms with Gasteiger partial charge in [-0.15, -0.1) is 0 Å². The summed E-state index contributed by atoms with van der Waals surface area (Å²) in [6.07, 6.45) is -3.71. The molecule has 3 aromatic carbocycles. The van der Waals surface area contributed by atoms with Crippen LogP contribution in [-0.2, 0) is 9.53 Å². The number of carboxylic acids is 1. The van der Waals surface area contributed by atoms with Gasteiger partial charge in [0, 0.05) is 17.2 Å². The molecule has 0 aliphatic carbocycles. The van der Waals surface area contributed by atoms with Gasteiger partial charge in [-0.3, -0.25) is 9.36 Å². The first kappa shape index (κ1) is 31.5. The monoisotopic (exact) mass is 662 g/mol. The number of rotatable bonds is 7. The van der Waals surface area contributed by atoms with Crippen molar-refractivity contribution in [2.45, 2.75) is 26.1 Å². The molecule has 1 atom stereocenters. The van der Waals surface area contributed by atoms with Crippen LogP contribution in [0.15, 0.2) is 92.2 Å². The van der Waals surface area contributed by atoms with E-state index in [1.165, 1.54) is 26.2 Å². The van der Waals surface area contributed by atoms with Crippen molar-refractivity contribution in [2.75, 3.05) is 13.7 Å². The molecule has 1 aliphatic rings. The fraction of sp³-hybridized carbons (Fsp3) is 0.176. The maximum Gasteiger partial charge on any atom is 0.434 e. The molecule has 0 bridgehead atoms. The number of hydrogen-bond acceptors (Lipinski definition) is 8. The number of benzene rings is 3. The van der Waals surface area contributed by atoms with Crippen molar-refractivity contribution in [2.24, 2.45) is 4.99 Å². The highest BCUT2D eigenvalue weighted by molar-refractivity contribution is 7.07. The van der Waals surface area contributed by atoms with Crippen LogP contribution in [-0.4, -0.2) is 41.5 Å². The summed E-state index contributed by atoms with van der Waals surface area (Å²) in [5, 5.41) is 10.6. The third-order valence-corrected chi connectivity index (χ3v) is 8.73. The van der Waals surface area contributed by atoms with E-state index in [-0.39, 0.29) is 38.6 Å². The van der Waals surface area contributed by atoms with Gasteiger partial charge in [0.25, 0.3) is 5.56 Å². The zero-order valence-electron chi connectivity index (χ0n) is 25.0.